The van der Waals surface area contributed by atoms with Crippen molar-refractivity contribution < 1.29 is 23.9 Å². The molecule has 0 aliphatic carbocycles. The Hall–Kier alpha value is -1.85. The minimum absolute atomic E-state index is 0.0473. The van der Waals surface area contributed by atoms with E-state index in [-0.39, 0.29) is 19.4 Å². The van der Waals surface area contributed by atoms with Crippen LogP contribution >= 0.6 is 0 Å². The third-order valence-electron chi connectivity index (χ3n) is 2.42. The normalized spacial score (nSPS) is 19.2. The van der Waals surface area contributed by atoms with Crippen molar-refractivity contribution in [1.82, 2.24) is 4.90 Å². The first-order valence-electron chi connectivity index (χ1n) is 6.09. The third kappa shape index (κ3) is 4.08. The van der Waals surface area contributed by atoms with E-state index in [0.717, 1.165) is 4.90 Å². The Morgan fingerprint density at radius 1 is 1.47 bits per heavy atom. The molecule has 0 aromatic carbocycles. The summed E-state index contributed by atoms with van der Waals surface area (Å²) in [5.41, 5.74) is -0.727. The van der Waals surface area contributed by atoms with Gasteiger partial charge in [-0.15, -0.1) is 0 Å². The van der Waals surface area contributed by atoms with Crippen molar-refractivity contribution >= 4 is 18.0 Å². The molecule has 1 heterocycles. The Morgan fingerprint density at radius 3 is 2.63 bits per heavy atom. The summed E-state index contributed by atoms with van der Waals surface area (Å²) in [6.45, 7) is 8.55. The number of esters is 1. The summed E-state index contributed by atoms with van der Waals surface area (Å²) in [6.07, 6.45) is 1.00. The Morgan fingerprint density at radius 2 is 2.11 bits per heavy atom. The number of ether oxygens (including phenoxy) is 2. The van der Waals surface area contributed by atoms with Gasteiger partial charge in [-0.2, -0.15) is 0 Å². The number of hydrogen-bond donors (Lipinski definition) is 0. The average Bonchev–Trinajstić information content (AvgIpc) is 2.65. The quantitative estimate of drug-likeness (QED) is 0.575. The van der Waals surface area contributed by atoms with Crippen molar-refractivity contribution in [3.8, 4) is 0 Å². The highest BCUT2D eigenvalue weighted by Crippen LogP contribution is 2.23. The highest BCUT2D eigenvalue weighted by atomic mass is 16.6. The summed E-state index contributed by atoms with van der Waals surface area (Å²) in [4.78, 5) is 36.2. The lowest BCUT2D eigenvalue weighted by Gasteiger charge is -2.26. The number of imide groups is 1. The molecule has 0 radical (unpaired) electrons. The number of amides is 2. The maximum Gasteiger partial charge on any atom is 0.417 e. The van der Waals surface area contributed by atoms with Crippen LogP contribution in [0.5, 0.6) is 0 Å². The topological polar surface area (TPSA) is 72.9 Å². The van der Waals surface area contributed by atoms with E-state index in [1.807, 2.05) is 0 Å². The van der Waals surface area contributed by atoms with Gasteiger partial charge >= 0.3 is 12.1 Å². The molecule has 0 aromatic heterocycles. The zero-order chi connectivity index (χ0) is 14.6. The molecule has 1 aliphatic rings. The van der Waals surface area contributed by atoms with Crippen molar-refractivity contribution in [2.24, 2.45) is 0 Å². The summed E-state index contributed by atoms with van der Waals surface area (Å²) in [6, 6.07) is -0.901. The number of carbonyl (C=O) groups is 3. The van der Waals surface area contributed by atoms with Gasteiger partial charge in [0.15, 0.2) is 0 Å². The molecular formula is C13H19NO5. The van der Waals surface area contributed by atoms with E-state index in [1.165, 1.54) is 6.08 Å². The zero-order valence-corrected chi connectivity index (χ0v) is 11.5. The van der Waals surface area contributed by atoms with E-state index >= 15 is 0 Å². The maximum atomic E-state index is 11.9. The summed E-state index contributed by atoms with van der Waals surface area (Å²) < 4.78 is 9.99. The second kappa shape index (κ2) is 5.86. The molecule has 19 heavy (non-hydrogen) atoms. The molecule has 0 N–H and O–H groups in total. The molecule has 6 nitrogen and oxygen atoms in total. The van der Waals surface area contributed by atoms with Crippen LogP contribution in [-0.4, -0.2) is 41.1 Å². The summed E-state index contributed by atoms with van der Waals surface area (Å²) >= 11 is 0. The van der Waals surface area contributed by atoms with Crippen molar-refractivity contribution in [1.29, 1.82) is 0 Å². The van der Waals surface area contributed by atoms with Crippen molar-refractivity contribution in [3.05, 3.63) is 12.7 Å². The van der Waals surface area contributed by atoms with Crippen LogP contribution in [0.2, 0.25) is 0 Å². The first-order valence-corrected chi connectivity index (χ1v) is 6.09. The van der Waals surface area contributed by atoms with Crippen LogP contribution in [0, 0.1) is 0 Å². The molecule has 2 amide bonds. The number of likely N-dealkylation sites (tertiary alicyclic amines) is 1. The van der Waals surface area contributed by atoms with Crippen LogP contribution in [0.25, 0.3) is 0 Å². The van der Waals surface area contributed by atoms with Crippen LogP contribution in [0.4, 0.5) is 4.79 Å². The molecule has 1 saturated heterocycles. The van der Waals surface area contributed by atoms with Gasteiger partial charge < -0.3 is 9.47 Å². The molecule has 1 fully saturated rings. The Kier molecular flexibility index (Phi) is 4.69. The SMILES string of the molecule is C=CCOC(=O)[C@@H]1CCC(=O)N1C(=O)OC(C)(C)C. The fraction of sp³-hybridized carbons (Fsp3) is 0.615. The van der Waals surface area contributed by atoms with Gasteiger partial charge in [-0.1, -0.05) is 12.7 Å². The van der Waals surface area contributed by atoms with E-state index in [2.05, 4.69) is 6.58 Å². The van der Waals surface area contributed by atoms with Crippen LogP contribution in [0.1, 0.15) is 33.6 Å². The molecule has 0 aromatic rings. The Bertz CT molecular complexity index is 396. The molecule has 0 unspecified atom stereocenters. The largest absolute Gasteiger partial charge is 0.460 e. The minimum atomic E-state index is -0.901. The van der Waals surface area contributed by atoms with Gasteiger partial charge in [0, 0.05) is 6.42 Å². The fourth-order valence-electron chi connectivity index (χ4n) is 1.68. The van der Waals surface area contributed by atoms with Crippen LogP contribution in [0.3, 0.4) is 0 Å². The molecule has 6 heteroatoms. The molecule has 1 aliphatic heterocycles. The van der Waals surface area contributed by atoms with Crippen molar-refractivity contribution in [2.45, 2.75) is 45.3 Å². The van der Waals surface area contributed by atoms with Crippen LogP contribution < -0.4 is 0 Å². The predicted molar refractivity (Wildman–Crippen MR) is 67.3 cm³/mol. The van der Waals surface area contributed by atoms with Crippen LogP contribution in [0.15, 0.2) is 12.7 Å². The molecule has 0 spiro atoms. The lowest BCUT2D eigenvalue weighted by atomic mass is 10.2. The number of rotatable bonds is 3. The van der Waals surface area contributed by atoms with Gasteiger partial charge in [-0.3, -0.25) is 4.79 Å². The Balaban J connectivity index is 2.77. The van der Waals surface area contributed by atoms with Crippen molar-refractivity contribution in [3.63, 3.8) is 0 Å². The second-order valence-electron chi connectivity index (χ2n) is 5.22. The van der Waals surface area contributed by atoms with Gasteiger partial charge in [0.1, 0.15) is 18.2 Å². The van der Waals surface area contributed by atoms with Gasteiger partial charge in [0.25, 0.3) is 0 Å². The highest BCUT2D eigenvalue weighted by Gasteiger charge is 2.43. The molecule has 1 atom stereocenters. The van der Waals surface area contributed by atoms with Gasteiger partial charge in [-0.05, 0) is 27.2 Å². The van der Waals surface area contributed by atoms with E-state index in [9.17, 15) is 14.4 Å². The Labute approximate surface area is 112 Å². The second-order valence-corrected chi connectivity index (χ2v) is 5.22. The molecule has 106 valence electrons. The molecule has 0 bridgehead atoms. The minimum Gasteiger partial charge on any atom is -0.460 e. The lowest BCUT2D eigenvalue weighted by Crippen LogP contribution is -2.46. The number of nitrogens with zero attached hydrogens (tertiary/aromatic N) is 1. The maximum absolute atomic E-state index is 11.9. The van der Waals surface area contributed by atoms with E-state index in [4.69, 9.17) is 9.47 Å². The standard InChI is InChI=1S/C13H19NO5/c1-5-8-18-11(16)9-6-7-10(15)14(9)12(17)19-13(2,3)4/h5,9H,1,6-8H2,2-4H3/t9-/m0/s1. The zero-order valence-electron chi connectivity index (χ0n) is 11.5. The van der Waals surface area contributed by atoms with E-state index in [1.54, 1.807) is 20.8 Å². The van der Waals surface area contributed by atoms with Gasteiger partial charge in [-0.25, -0.2) is 14.5 Å². The summed E-state index contributed by atoms with van der Waals surface area (Å²) in [5.74, 6) is -1.04. The first-order chi connectivity index (χ1) is 8.76. The van der Waals surface area contributed by atoms with Crippen LogP contribution in [-0.2, 0) is 19.1 Å². The summed E-state index contributed by atoms with van der Waals surface area (Å²) in [5, 5.41) is 0. The highest BCUT2D eigenvalue weighted by molar-refractivity contribution is 5.99. The van der Waals surface area contributed by atoms with Crippen molar-refractivity contribution in [2.75, 3.05) is 6.61 Å². The van der Waals surface area contributed by atoms with Gasteiger partial charge in [0.2, 0.25) is 5.91 Å². The predicted octanol–water partition coefficient (Wildman–Crippen LogP) is 1.64. The molecular weight excluding hydrogens is 250 g/mol. The molecule has 1 rings (SSSR count). The summed E-state index contributed by atoms with van der Waals surface area (Å²) in [7, 11) is 0. The monoisotopic (exact) mass is 269 g/mol. The van der Waals surface area contributed by atoms with E-state index < -0.39 is 29.6 Å². The first kappa shape index (κ1) is 15.2. The fourth-order valence-corrected chi connectivity index (χ4v) is 1.68. The molecule has 0 saturated carbocycles. The number of hydrogen-bond acceptors (Lipinski definition) is 5. The lowest BCUT2D eigenvalue weighted by molar-refractivity contribution is -0.150. The smallest absolute Gasteiger partial charge is 0.417 e. The number of carbonyl (C=O) groups excluding carboxylic acids is 3. The van der Waals surface area contributed by atoms with Gasteiger partial charge in [0.05, 0.1) is 0 Å². The average molecular weight is 269 g/mol. The van der Waals surface area contributed by atoms with E-state index in [0.29, 0.717) is 0 Å². The third-order valence-corrected chi connectivity index (χ3v) is 2.42.